The summed E-state index contributed by atoms with van der Waals surface area (Å²) in [5.41, 5.74) is 4.19. The van der Waals surface area contributed by atoms with Gasteiger partial charge in [0, 0.05) is 10.9 Å². The third kappa shape index (κ3) is 3.58. The van der Waals surface area contributed by atoms with Crippen LogP contribution in [0.3, 0.4) is 0 Å². The van der Waals surface area contributed by atoms with Crippen LogP contribution in [0.4, 0.5) is 15.4 Å². The van der Waals surface area contributed by atoms with Gasteiger partial charge in [0.1, 0.15) is 10.7 Å². The third-order valence-electron chi connectivity index (χ3n) is 2.79. The Morgan fingerprint density at radius 2 is 2.09 bits per heavy atom. The normalized spacial score (nSPS) is 11.0. The number of hydrazone groups is 1. The van der Waals surface area contributed by atoms with E-state index in [2.05, 4.69) is 15.5 Å². The molecule has 0 atom stereocenters. The molecule has 0 aliphatic carbocycles. The molecule has 0 unspecified atom stereocenters. The Bertz CT molecular complexity index is 857. The first-order chi connectivity index (χ1) is 11.1. The average molecular weight is 332 g/mol. The molecule has 0 radical (unpaired) electrons. The minimum atomic E-state index is -0.624. The molecule has 0 fully saturated rings. The number of aromatic nitrogens is 1. The molecule has 0 saturated heterocycles. The minimum Gasteiger partial charge on any atom is -0.400 e. The van der Waals surface area contributed by atoms with Crippen molar-refractivity contribution in [2.45, 2.75) is 0 Å². The van der Waals surface area contributed by atoms with Crippen molar-refractivity contribution in [3.63, 3.8) is 0 Å². The van der Waals surface area contributed by atoms with Crippen LogP contribution in [-0.4, -0.2) is 16.1 Å². The van der Waals surface area contributed by atoms with Gasteiger partial charge in [0.15, 0.2) is 5.76 Å². The van der Waals surface area contributed by atoms with E-state index in [0.717, 1.165) is 5.56 Å². The van der Waals surface area contributed by atoms with E-state index in [1.54, 1.807) is 12.1 Å². The maximum atomic E-state index is 12.9. The SMILES string of the molecule is O=[N+]([O-])c1ccc(/C=N\Nc2nc(-c3ccc(F)cc3)cs2)o1. The molecular formula is C14H9FN4O3S. The number of furan rings is 1. The van der Waals surface area contributed by atoms with Crippen LogP contribution in [0.15, 0.2) is 51.3 Å². The largest absolute Gasteiger partial charge is 0.433 e. The van der Waals surface area contributed by atoms with Crippen molar-refractivity contribution in [2.75, 3.05) is 5.43 Å². The van der Waals surface area contributed by atoms with E-state index >= 15 is 0 Å². The van der Waals surface area contributed by atoms with Gasteiger partial charge in [0.25, 0.3) is 0 Å². The van der Waals surface area contributed by atoms with Crippen LogP contribution in [0, 0.1) is 15.9 Å². The molecule has 2 aromatic heterocycles. The van der Waals surface area contributed by atoms with Gasteiger partial charge < -0.3 is 4.42 Å². The standard InChI is InChI=1S/C14H9FN4O3S/c15-10-3-1-9(2-4-10)12-8-23-14(17-12)18-16-7-11-5-6-13(22-11)19(20)21/h1-8H,(H,17,18)/b16-7-. The highest BCUT2D eigenvalue weighted by molar-refractivity contribution is 7.14. The number of hydrogen-bond acceptors (Lipinski definition) is 7. The number of nitrogens with zero attached hydrogens (tertiary/aromatic N) is 3. The maximum absolute atomic E-state index is 12.9. The molecule has 0 saturated carbocycles. The zero-order valence-corrected chi connectivity index (χ0v) is 12.3. The lowest BCUT2D eigenvalue weighted by Crippen LogP contribution is -1.89. The predicted molar refractivity (Wildman–Crippen MR) is 84.1 cm³/mol. The Hall–Kier alpha value is -3.07. The molecule has 1 aromatic carbocycles. The van der Waals surface area contributed by atoms with Gasteiger partial charge in [-0.1, -0.05) is 0 Å². The number of anilines is 1. The van der Waals surface area contributed by atoms with Gasteiger partial charge in [-0.3, -0.25) is 15.5 Å². The summed E-state index contributed by atoms with van der Waals surface area (Å²) in [4.78, 5) is 14.2. The highest BCUT2D eigenvalue weighted by atomic mass is 32.1. The van der Waals surface area contributed by atoms with Gasteiger partial charge in [-0.2, -0.15) is 5.10 Å². The van der Waals surface area contributed by atoms with E-state index in [0.29, 0.717) is 10.8 Å². The highest BCUT2D eigenvalue weighted by Gasteiger charge is 2.10. The van der Waals surface area contributed by atoms with Gasteiger partial charge in [-0.15, -0.1) is 11.3 Å². The number of benzene rings is 1. The van der Waals surface area contributed by atoms with Crippen molar-refractivity contribution in [3.8, 4) is 11.3 Å². The summed E-state index contributed by atoms with van der Waals surface area (Å²) in [6, 6.07) is 8.69. The Morgan fingerprint density at radius 1 is 1.30 bits per heavy atom. The number of halogens is 1. The number of thiazole rings is 1. The zero-order chi connectivity index (χ0) is 16.2. The molecule has 0 aliphatic rings. The fraction of sp³-hybridized carbons (Fsp3) is 0. The fourth-order valence-corrected chi connectivity index (χ4v) is 2.41. The van der Waals surface area contributed by atoms with Gasteiger partial charge in [0.2, 0.25) is 5.13 Å². The highest BCUT2D eigenvalue weighted by Crippen LogP contribution is 2.25. The zero-order valence-electron chi connectivity index (χ0n) is 11.5. The fourth-order valence-electron chi connectivity index (χ4n) is 1.74. The van der Waals surface area contributed by atoms with Crippen LogP contribution in [0.1, 0.15) is 5.76 Å². The molecule has 116 valence electrons. The van der Waals surface area contributed by atoms with Crippen LogP contribution in [0.5, 0.6) is 0 Å². The molecular weight excluding hydrogens is 323 g/mol. The van der Waals surface area contributed by atoms with E-state index in [1.165, 1.54) is 41.8 Å². The Morgan fingerprint density at radius 3 is 2.78 bits per heavy atom. The predicted octanol–water partition coefficient (Wildman–Crippen LogP) is 3.90. The Kier molecular flexibility index (Phi) is 4.11. The van der Waals surface area contributed by atoms with E-state index in [4.69, 9.17) is 4.42 Å². The number of nitro groups is 1. The first-order valence-corrected chi connectivity index (χ1v) is 7.24. The van der Waals surface area contributed by atoms with Crippen LogP contribution in [-0.2, 0) is 0 Å². The monoisotopic (exact) mass is 332 g/mol. The van der Waals surface area contributed by atoms with Crippen molar-refractivity contribution in [1.29, 1.82) is 0 Å². The van der Waals surface area contributed by atoms with Gasteiger partial charge in [-0.25, -0.2) is 9.37 Å². The summed E-state index contributed by atoms with van der Waals surface area (Å²) < 4.78 is 17.8. The number of rotatable bonds is 5. The molecule has 0 amide bonds. The Labute approximate surface area is 133 Å². The van der Waals surface area contributed by atoms with Gasteiger partial charge in [-0.05, 0) is 30.3 Å². The van der Waals surface area contributed by atoms with Crippen molar-refractivity contribution in [2.24, 2.45) is 5.10 Å². The second-order valence-corrected chi connectivity index (χ2v) is 5.21. The van der Waals surface area contributed by atoms with Crippen molar-refractivity contribution in [1.82, 2.24) is 4.98 Å². The molecule has 9 heteroatoms. The summed E-state index contributed by atoms with van der Waals surface area (Å²) in [5.74, 6) is -0.404. The average Bonchev–Trinajstić information content (AvgIpc) is 3.18. The van der Waals surface area contributed by atoms with Gasteiger partial charge in [0.05, 0.1) is 18.0 Å². The maximum Gasteiger partial charge on any atom is 0.433 e. The minimum absolute atomic E-state index is 0.250. The van der Waals surface area contributed by atoms with E-state index in [9.17, 15) is 14.5 Å². The molecule has 3 aromatic rings. The topological polar surface area (TPSA) is 93.6 Å². The van der Waals surface area contributed by atoms with Crippen molar-refractivity contribution < 1.29 is 13.7 Å². The molecule has 0 bridgehead atoms. The second-order valence-electron chi connectivity index (χ2n) is 4.35. The van der Waals surface area contributed by atoms with E-state index in [-0.39, 0.29) is 17.5 Å². The second kappa shape index (κ2) is 6.36. The molecule has 0 spiro atoms. The molecule has 0 aliphatic heterocycles. The van der Waals surface area contributed by atoms with Gasteiger partial charge >= 0.3 is 5.88 Å². The van der Waals surface area contributed by atoms with Crippen molar-refractivity contribution in [3.05, 3.63) is 63.5 Å². The summed E-state index contributed by atoms with van der Waals surface area (Å²) >= 11 is 1.33. The molecule has 1 N–H and O–H groups in total. The first kappa shape index (κ1) is 14.9. The lowest BCUT2D eigenvalue weighted by atomic mass is 10.2. The summed E-state index contributed by atoms with van der Waals surface area (Å²) in [6.07, 6.45) is 1.31. The molecule has 7 nitrogen and oxygen atoms in total. The number of nitrogens with one attached hydrogen (secondary N) is 1. The summed E-state index contributed by atoms with van der Waals surface area (Å²) in [6.45, 7) is 0. The van der Waals surface area contributed by atoms with Crippen LogP contribution < -0.4 is 5.43 Å². The smallest absolute Gasteiger partial charge is 0.400 e. The van der Waals surface area contributed by atoms with Crippen LogP contribution in [0.25, 0.3) is 11.3 Å². The summed E-state index contributed by atoms with van der Waals surface area (Å²) in [7, 11) is 0. The quantitative estimate of drug-likeness (QED) is 0.434. The molecule has 23 heavy (non-hydrogen) atoms. The third-order valence-corrected chi connectivity index (χ3v) is 3.54. The lowest BCUT2D eigenvalue weighted by molar-refractivity contribution is -0.402. The van der Waals surface area contributed by atoms with Crippen LogP contribution >= 0.6 is 11.3 Å². The van der Waals surface area contributed by atoms with Crippen molar-refractivity contribution >= 4 is 28.6 Å². The van der Waals surface area contributed by atoms with E-state index in [1.807, 2.05) is 5.38 Å². The summed E-state index contributed by atoms with van der Waals surface area (Å²) in [5, 5.41) is 16.7. The Balaban J connectivity index is 1.65. The molecule has 3 rings (SSSR count). The van der Waals surface area contributed by atoms with E-state index < -0.39 is 4.92 Å². The van der Waals surface area contributed by atoms with Crippen LogP contribution in [0.2, 0.25) is 0 Å². The first-order valence-electron chi connectivity index (χ1n) is 6.36. The molecule has 2 heterocycles. The number of hydrogen-bond donors (Lipinski definition) is 1. The lowest BCUT2D eigenvalue weighted by Gasteiger charge is -1.95.